The minimum absolute atomic E-state index is 0.176. The average molecular weight is 389 g/mol. The van der Waals surface area contributed by atoms with Crippen molar-refractivity contribution < 1.29 is 19.0 Å². The Morgan fingerprint density at radius 2 is 2.14 bits per heavy atom. The van der Waals surface area contributed by atoms with Gasteiger partial charge in [-0.15, -0.1) is 0 Å². The van der Waals surface area contributed by atoms with Crippen molar-refractivity contribution in [3.63, 3.8) is 0 Å². The van der Waals surface area contributed by atoms with E-state index in [9.17, 15) is 14.3 Å². The molecule has 2 aromatic rings. The molecule has 1 unspecified atom stereocenters. The fourth-order valence-corrected chi connectivity index (χ4v) is 3.42. The van der Waals surface area contributed by atoms with Crippen molar-refractivity contribution in [3.8, 4) is 5.69 Å². The van der Waals surface area contributed by atoms with E-state index < -0.39 is 24.1 Å². The molecule has 2 atom stereocenters. The second kappa shape index (κ2) is 6.73. The van der Waals surface area contributed by atoms with E-state index in [-0.39, 0.29) is 6.54 Å². The second-order valence-electron chi connectivity index (χ2n) is 8.16. The molecule has 4 heterocycles. The van der Waals surface area contributed by atoms with Gasteiger partial charge in [0, 0.05) is 18.3 Å². The molecule has 1 N–H and O–H groups in total. The third kappa shape index (κ3) is 3.54. The molecule has 0 aliphatic carbocycles. The number of rotatable bonds is 2. The Balaban J connectivity index is 1.48. The van der Waals surface area contributed by atoms with Gasteiger partial charge >= 0.3 is 6.09 Å². The highest BCUT2D eigenvalue weighted by molar-refractivity contribution is 5.69. The number of carbonyl (C=O) groups excluding carboxylic acids is 1. The highest BCUT2D eigenvalue weighted by Gasteiger charge is 2.37. The molecule has 28 heavy (non-hydrogen) atoms. The van der Waals surface area contributed by atoms with Gasteiger partial charge in [-0.05, 0) is 39.3 Å². The molecule has 1 saturated heterocycles. The molecule has 9 heteroatoms. The van der Waals surface area contributed by atoms with Gasteiger partial charge in [0.1, 0.15) is 17.6 Å². The predicted molar refractivity (Wildman–Crippen MR) is 99.8 cm³/mol. The number of pyridine rings is 1. The van der Waals surface area contributed by atoms with Crippen LogP contribution in [0.5, 0.6) is 0 Å². The maximum atomic E-state index is 13.4. The van der Waals surface area contributed by atoms with Crippen LogP contribution in [0.2, 0.25) is 0 Å². The van der Waals surface area contributed by atoms with Crippen molar-refractivity contribution in [2.24, 2.45) is 0 Å². The van der Waals surface area contributed by atoms with Crippen LogP contribution in [0.4, 0.5) is 15.0 Å². The number of halogens is 1. The lowest BCUT2D eigenvalue weighted by molar-refractivity contribution is -0.0262. The number of nitrogens with zero attached hydrogens (tertiary/aromatic N) is 5. The predicted octanol–water partition coefficient (Wildman–Crippen LogP) is 2.56. The van der Waals surface area contributed by atoms with Gasteiger partial charge in [0.2, 0.25) is 0 Å². The number of hydrogen-bond donors (Lipinski definition) is 1. The summed E-state index contributed by atoms with van der Waals surface area (Å²) in [4.78, 5) is 19.8. The van der Waals surface area contributed by atoms with E-state index in [2.05, 4.69) is 10.1 Å². The third-order valence-corrected chi connectivity index (χ3v) is 4.80. The summed E-state index contributed by atoms with van der Waals surface area (Å²) in [5, 5.41) is 15.0. The largest absolute Gasteiger partial charge is 0.444 e. The highest BCUT2D eigenvalue weighted by Crippen LogP contribution is 2.33. The lowest BCUT2D eigenvalue weighted by Gasteiger charge is -2.26. The molecule has 0 radical (unpaired) electrons. The van der Waals surface area contributed by atoms with Crippen LogP contribution < -0.4 is 4.90 Å². The van der Waals surface area contributed by atoms with E-state index >= 15 is 0 Å². The first-order valence-electron chi connectivity index (χ1n) is 9.33. The first-order valence-corrected chi connectivity index (χ1v) is 9.33. The van der Waals surface area contributed by atoms with E-state index in [1.54, 1.807) is 37.8 Å². The first kappa shape index (κ1) is 18.7. The van der Waals surface area contributed by atoms with Crippen LogP contribution in [-0.2, 0) is 11.3 Å². The summed E-state index contributed by atoms with van der Waals surface area (Å²) in [6.07, 6.45) is 1.41. The molecule has 2 aliphatic heterocycles. The zero-order chi connectivity index (χ0) is 20.1. The van der Waals surface area contributed by atoms with Gasteiger partial charge in [0.25, 0.3) is 0 Å². The minimum atomic E-state index is -1.10. The molecule has 0 bridgehead atoms. The molecule has 0 saturated carbocycles. The number of ether oxygens (including phenoxy) is 1. The number of anilines is 1. The van der Waals surface area contributed by atoms with Crippen LogP contribution in [0.1, 0.15) is 44.7 Å². The molecule has 8 nitrogen and oxygen atoms in total. The molecular formula is C19H24FN5O3. The summed E-state index contributed by atoms with van der Waals surface area (Å²) in [7, 11) is 0. The van der Waals surface area contributed by atoms with Crippen LogP contribution in [0, 0.1) is 0 Å². The number of aliphatic hydroxyl groups excluding tert-OH is 1. The van der Waals surface area contributed by atoms with Crippen LogP contribution in [0.25, 0.3) is 5.69 Å². The smallest absolute Gasteiger partial charge is 0.412 e. The van der Waals surface area contributed by atoms with E-state index in [1.165, 1.54) is 4.90 Å². The van der Waals surface area contributed by atoms with E-state index in [0.717, 1.165) is 11.5 Å². The number of hydrogen-bond acceptors (Lipinski definition) is 6. The quantitative estimate of drug-likeness (QED) is 0.850. The Bertz CT molecular complexity index is 877. The molecule has 1 fully saturated rings. The van der Waals surface area contributed by atoms with E-state index in [1.807, 2.05) is 17.0 Å². The normalized spacial score (nSPS) is 21.9. The standard InChI is InChI=1S/C19H24FN5O3/c1-19(2,3)28-18(27)24-11-15-14(17(24)26)10-25(22-15)13-4-5-16(21-8-13)23-7-6-12(20)9-23/h4-5,8,10,12,17,26H,6-7,9,11H2,1-3H3/t12-,17?/m1/s1. The number of amides is 1. The number of fused-ring (bicyclic) bond motifs is 1. The first-order chi connectivity index (χ1) is 13.2. The minimum Gasteiger partial charge on any atom is -0.444 e. The molecule has 0 aromatic carbocycles. The van der Waals surface area contributed by atoms with Crippen molar-refractivity contribution in [3.05, 3.63) is 35.8 Å². The monoisotopic (exact) mass is 389 g/mol. The van der Waals surface area contributed by atoms with E-state index in [0.29, 0.717) is 30.8 Å². The summed E-state index contributed by atoms with van der Waals surface area (Å²) in [5.41, 5.74) is 1.27. The summed E-state index contributed by atoms with van der Waals surface area (Å²) < 4.78 is 20.3. The zero-order valence-electron chi connectivity index (χ0n) is 16.2. The summed E-state index contributed by atoms with van der Waals surface area (Å²) in [5.74, 6) is 0.736. The third-order valence-electron chi connectivity index (χ3n) is 4.80. The Kier molecular flexibility index (Phi) is 4.49. The Labute approximate surface area is 162 Å². The van der Waals surface area contributed by atoms with Crippen LogP contribution in [-0.4, -0.2) is 55.7 Å². The van der Waals surface area contributed by atoms with Crippen molar-refractivity contribution in [1.29, 1.82) is 0 Å². The number of aromatic nitrogens is 3. The fraction of sp³-hybridized carbons (Fsp3) is 0.526. The van der Waals surface area contributed by atoms with E-state index in [4.69, 9.17) is 4.74 Å². The molecule has 1 amide bonds. The van der Waals surface area contributed by atoms with Crippen LogP contribution in [0.3, 0.4) is 0 Å². The van der Waals surface area contributed by atoms with Crippen LogP contribution in [0.15, 0.2) is 24.5 Å². The number of carbonyl (C=O) groups is 1. The lowest BCUT2D eigenvalue weighted by Crippen LogP contribution is -2.36. The van der Waals surface area contributed by atoms with Crippen molar-refractivity contribution in [1.82, 2.24) is 19.7 Å². The summed E-state index contributed by atoms with van der Waals surface area (Å²) >= 11 is 0. The number of alkyl halides is 1. The van der Waals surface area contributed by atoms with Gasteiger partial charge in [-0.1, -0.05) is 0 Å². The summed E-state index contributed by atoms with van der Waals surface area (Å²) in [6, 6.07) is 3.69. The topological polar surface area (TPSA) is 83.7 Å². The SMILES string of the molecule is CC(C)(C)OC(=O)N1Cc2nn(-c3ccc(N4CC[C@@H](F)C4)nc3)cc2C1O. The maximum Gasteiger partial charge on any atom is 0.412 e. The molecule has 2 aromatic heterocycles. The van der Waals surface area contributed by atoms with Gasteiger partial charge in [-0.25, -0.2) is 18.9 Å². The van der Waals surface area contributed by atoms with Crippen molar-refractivity contribution in [2.75, 3.05) is 18.0 Å². The molecular weight excluding hydrogens is 365 g/mol. The highest BCUT2D eigenvalue weighted by atomic mass is 19.1. The maximum absolute atomic E-state index is 13.4. The van der Waals surface area contributed by atoms with Gasteiger partial charge in [0.05, 0.1) is 30.7 Å². The Morgan fingerprint density at radius 3 is 2.71 bits per heavy atom. The van der Waals surface area contributed by atoms with Gasteiger partial charge in [-0.3, -0.25) is 4.90 Å². The number of aliphatic hydroxyl groups is 1. The second-order valence-corrected chi connectivity index (χ2v) is 8.16. The molecule has 150 valence electrons. The van der Waals surface area contributed by atoms with Gasteiger partial charge < -0.3 is 14.7 Å². The zero-order valence-corrected chi connectivity index (χ0v) is 16.2. The Morgan fingerprint density at radius 1 is 1.36 bits per heavy atom. The van der Waals surface area contributed by atoms with Crippen molar-refractivity contribution >= 4 is 11.9 Å². The van der Waals surface area contributed by atoms with Crippen molar-refractivity contribution in [2.45, 2.75) is 51.7 Å². The summed E-state index contributed by atoms with van der Waals surface area (Å²) in [6.45, 7) is 6.54. The lowest BCUT2D eigenvalue weighted by atomic mass is 10.2. The van der Waals surface area contributed by atoms with Gasteiger partial charge in [0.15, 0.2) is 6.23 Å². The molecule has 4 rings (SSSR count). The van der Waals surface area contributed by atoms with Gasteiger partial charge in [-0.2, -0.15) is 5.10 Å². The average Bonchev–Trinajstić information content (AvgIpc) is 3.30. The molecule has 0 spiro atoms. The fourth-order valence-electron chi connectivity index (χ4n) is 3.42. The molecule has 2 aliphatic rings. The van der Waals surface area contributed by atoms with Crippen LogP contribution >= 0.6 is 0 Å². The Hall–Kier alpha value is -2.68.